The highest BCUT2D eigenvalue weighted by Crippen LogP contribution is 2.29. The Bertz CT molecular complexity index is 842. The number of aryl methyl sites for hydroxylation is 1. The lowest BCUT2D eigenvalue weighted by molar-refractivity contribution is -0.139. The van der Waals surface area contributed by atoms with Gasteiger partial charge in [-0.3, -0.25) is 9.69 Å². The van der Waals surface area contributed by atoms with Crippen molar-refractivity contribution in [3.63, 3.8) is 0 Å². The lowest BCUT2D eigenvalue weighted by Crippen LogP contribution is -2.61. The molecule has 0 N–H and O–H groups in total. The molecule has 0 spiro atoms. The average molecular weight is 388 g/mol. The number of carbonyl (C=O) groups is 1. The third-order valence-electron chi connectivity index (χ3n) is 5.80. The second-order valence-electron chi connectivity index (χ2n) is 7.64. The number of fused-ring (bicyclic) bond motifs is 1. The van der Waals surface area contributed by atoms with Crippen LogP contribution in [0.3, 0.4) is 0 Å². The molecule has 2 heterocycles. The molecule has 148 valence electrons. The molecule has 2 aromatic rings. The van der Waals surface area contributed by atoms with E-state index in [2.05, 4.69) is 29.2 Å². The van der Waals surface area contributed by atoms with Crippen LogP contribution < -0.4 is 0 Å². The SMILES string of the molecule is O=C(CCc1ccc(C(F)(F)F)cc1)N1CC(N2CCc3ccccc3C2)C1. The minimum atomic E-state index is -4.32. The summed E-state index contributed by atoms with van der Waals surface area (Å²) in [6, 6.07) is 14.0. The first-order valence-electron chi connectivity index (χ1n) is 9.65. The zero-order valence-corrected chi connectivity index (χ0v) is 15.6. The van der Waals surface area contributed by atoms with Crippen molar-refractivity contribution >= 4 is 5.91 Å². The second-order valence-corrected chi connectivity index (χ2v) is 7.64. The predicted octanol–water partition coefficient (Wildman–Crippen LogP) is 3.91. The molecular formula is C22H23F3N2O. The lowest BCUT2D eigenvalue weighted by atomic mass is 9.96. The quantitative estimate of drug-likeness (QED) is 0.793. The van der Waals surface area contributed by atoms with Gasteiger partial charge in [-0.25, -0.2) is 0 Å². The zero-order valence-electron chi connectivity index (χ0n) is 15.6. The molecule has 0 atom stereocenters. The summed E-state index contributed by atoms with van der Waals surface area (Å²) in [5.74, 6) is 0.0774. The van der Waals surface area contributed by atoms with Gasteiger partial charge in [-0.2, -0.15) is 13.2 Å². The number of likely N-dealkylation sites (tertiary alicyclic amines) is 1. The van der Waals surface area contributed by atoms with Gasteiger partial charge < -0.3 is 4.90 Å². The first-order chi connectivity index (χ1) is 13.4. The molecule has 3 nitrogen and oxygen atoms in total. The first-order valence-corrected chi connectivity index (χ1v) is 9.65. The lowest BCUT2D eigenvalue weighted by Gasteiger charge is -2.47. The molecule has 2 aliphatic heterocycles. The van der Waals surface area contributed by atoms with E-state index in [0.717, 1.165) is 50.3 Å². The van der Waals surface area contributed by atoms with Crippen LogP contribution in [-0.4, -0.2) is 41.4 Å². The van der Waals surface area contributed by atoms with Crippen molar-refractivity contribution in [1.82, 2.24) is 9.80 Å². The van der Waals surface area contributed by atoms with E-state index in [-0.39, 0.29) is 5.91 Å². The van der Waals surface area contributed by atoms with Crippen LogP contribution in [0.1, 0.15) is 28.7 Å². The summed E-state index contributed by atoms with van der Waals surface area (Å²) in [6.07, 6.45) is -2.47. The Kier molecular flexibility index (Phi) is 5.15. The van der Waals surface area contributed by atoms with E-state index in [4.69, 9.17) is 0 Å². The Morgan fingerprint density at radius 3 is 2.36 bits per heavy atom. The van der Waals surface area contributed by atoms with Crippen molar-refractivity contribution in [3.05, 3.63) is 70.8 Å². The summed E-state index contributed by atoms with van der Waals surface area (Å²) < 4.78 is 37.8. The Labute approximate surface area is 162 Å². The fourth-order valence-electron chi connectivity index (χ4n) is 3.99. The van der Waals surface area contributed by atoms with Gasteiger partial charge >= 0.3 is 6.18 Å². The smallest absolute Gasteiger partial charge is 0.339 e. The number of rotatable bonds is 4. The molecule has 4 rings (SSSR count). The summed E-state index contributed by atoms with van der Waals surface area (Å²) in [6.45, 7) is 3.45. The maximum Gasteiger partial charge on any atom is 0.416 e. The van der Waals surface area contributed by atoms with Gasteiger partial charge in [0, 0.05) is 38.6 Å². The highest BCUT2D eigenvalue weighted by molar-refractivity contribution is 5.77. The Balaban J connectivity index is 1.23. The van der Waals surface area contributed by atoms with Crippen LogP contribution in [-0.2, 0) is 30.4 Å². The maximum absolute atomic E-state index is 12.6. The number of carbonyl (C=O) groups excluding carboxylic acids is 1. The van der Waals surface area contributed by atoms with E-state index in [1.165, 1.54) is 23.3 Å². The van der Waals surface area contributed by atoms with Gasteiger partial charge in [-0.1, -0.05) is 36.4 Å². The monoisotopic (exact) mass is 388 g/mol. The van der Waals surface area contributed by atoms with Crippen LogP contribution in [0.25, 0.3) is 0 Å². The van der Waals surface area contributed by atoms with Gasteiger partial charge in [-0.15, -0.1) is 0 Å². The number of amides is 1. The summed E-state index contributed by atoms with van der Waals surface area (Å²) in [5, 5.41) is 0. The molecule has 2 aliphatic rings. The third-order valence-corrected chi connectivity index (χ3v) is 5.80. The molecular weight excluding hydrogens is 365 g/mol. The molecule has 6 heteroatoms. The molecule has 0 radical (unpaired) electrons. The number of alkyl halides is 3. The van der Waals surface area contributed by atoms with Crippen LogP contribution >= 0.6 is 0 Å². The molecule has 1 fully saturated rings. The minimum Gasteiger partial charge on any atom is -0.339 e. The average Bonchev–Trinajstić information content (AvgIpc) is 2.65. The number of hydrogen-bond acceptors (Lipinski definition) is 2. The minimum absolute atomic E-state index is 0.0774. The van der Waals surface area contributed by atoms with Crippen LogP contribution in [0.4, 0.5) is 13.2 Å². The number of benzene rings is 2. The van der Waals surface area contributed by atoms with Crippen molar-refractivity contribution in [1.29, 1.82) is 0 Å². The zero-order chi connectivity index (χ0) is 19.7. The molecule has 0 aliphatic carbocycles. The van der Waals surface area contributed by atoms with Crippen molar-refractivity contribution < 1.29 is 18.0 Å². The standard InChI is InChI=1S/C22H23F3N2O/c23-22(24,25)19-8-5-16(6-9-19)7-10-21(28)27-14-20(15-27)26-12-11-17-3-1-2-4-18(17)13-26/h1-6,8-9,20H,7,10-15H2. The molecule has 1 amide bonds. The predicted molar refractivity (Wildman–Crippen MR) is 101 cm³/mol. The summed E-state index contributed by atoms with van der Waals surface area (Å²) in [4.78, 5) is 16.7. The van der Waals surface area contributed by atoms with Crippen molar-refractivity contribution in [2.75, 3.05) is 19.6 Å². The third kappa shape index (κ3) is 4.07. The van der Waals surface area contributed by atoms with Gasteiger partial charge in [0.25, 0.3) is 0 Å². The number of hydrogen-bond donors (Lipinski definition) is 0. The van der Waals surface area contributed by atoms with Crippen LogP contribution in [0, 0.1) is 0 Å². The molecule has 0 unspecified atom stereocenters. The first kappa shape index (κ1) is 19.0. The summed E-state index contributed by atoms with van der Waals surface area (Å²) in [5.41, 5.74) is 2.89. The Morgan fingerprint density at radius 1 is 1.00 bits per heavy atom. The van der Waals surface area contributed by atoms with E-state index < -0.39 is 11.7 Å². The fraction of sp³-hybridized carbons (Fsp3) is 0.409. The Morgan fingerprint density at radius 2 is 1.68 bits per heavy atom. The van der Waals surface area contributed by atoms with Gasteiger partial charge in [0.15, 0.2) is 0 Å². The fourth-order valence-corrected chi connectivity index (χ4v) is 3.99. The van der Waals surface area contributed by atoms with Crippen LogP contribution in [0.15, 0.2) is 48.5 Å². The van der Waals surface area contributed by atoms with Crippen LogP contribution in [0.5, 0.6) is 0 Å². The second kappa shape index (κ2) is 7.59. The van der Waals surface area contributed by atoms with E-state index in [9.17, 15) is 18.0 Å². The molecule has 28 heavy (non-hydrogen) atoms. The molecule has 0 saturated carbocycles. The van der Waals surface area contributed by atoms with Gasteiger partial charge in [-0.05, 0) is 41.7 Å². The molecule has 0 bridgehead atoms. The van der Waals surface area contributed by atoms with E-state index in [1.807, 2.05) is 4.90 Å². The topological polar surface area (TPSA) is 23.6 Å². The molecule has 2 aromatic carbocycles. The normalized spacial score (nSPS) is 17.9. The van der Waals surface area contributed by atoms with E-state index in [0.29, 0.717) is 18.9 Å². The number of halogens is 3. The maximum atomic E-state index is 12.6. The largest absolute Gasteiger partial charge is 0.416 e. The molecule has 0 aromatic heterocycles. The van der Waals surface area contributed by atoms with Crippen molar-refractivity contribution in [2.24, 2.45) is 0 Å². The summed E-state index contributed by atoms with van der Waals surface area (Å²) in [7, 11) is 0. The van der Waals surface area contributed by atoms with Crippen molar-refractivity contribution in [3.8, 4) is 0 Å². The van der Waals surface area contributed by atoms with Crippen molar-refractivity contribution in [2.45, 2.75) is 38.0 Å². The van der Waals surface area contributed by atoms with Crippen LogP contribution in [0.2, 0.25) is 0 Å². The van der Waals surface area contributed by atoms with E-state index in [1.54, 1.807) is 0 Å². The van der Waals surface area contributed by atoms with Gasteiger partial charge in [0.05, 0.1) is 5.56 Å². The summed E-state index contributed by atoms with van der Waals surface area (Å²) >= 11 is 0. The van der Waals surface area contributed by atoms with E-state index >= 15 is 0 Å². The Hall–Kier alpha value is -2.34. The highest BCUT2D eigenvalue weighted by atomic mass is 19.4. The van der Waals surface area contributed by atoms with Gasteiger partial charge in [0.1, 0.15) is 0 Å². The number of nitrogens with zero attached hydrogens (tertiary/aromatic N) is 2. The highest BCUT2D eigenvalue weighted by Gasteiger charge is 2.35. The van der Waals surface area contributed by atoms with Gasteiger partial charge in [0.2, 0.25) is 5.91 Å². The molecule has 1 saturated heterocycles.